The monoisotopic (exact) mass is 398 g/mol. The van der Waals surface area contributed by atoms with Crippen molar-refractivity contribution in [3.05, 3.63) is 76.0 Å². The van der Waals surface area contributed by atoms with Crippen molar-refractivity contribution in [1.29, 1.82) is 0 Å². The molecule has 0 fully saturated rings. The van der Waals surface area contributed by atoms with E-state index in [-0.39, 0.29) is 18.3 Å². The third-order valence-corrected chi connectivity index (χ3v) is 4.79. The fourth-order valence-electron chi connectivity index (χ4n) is 2.43. The van der Waals surface area contributed by atoms with Crippen LogP contribution in [-0.4, -0.2) is 17.1 Å². The summed E-state index contributed by atoms with van der Waals surface area (Å²) in [6, 6.07) is 13.6. The highest BCUT2D eigenvalue weighted by Gasteiger charge is 2.15. The van der Waals surface area contributed by atoms with Gasteiger partial charge in [0.05, 0.1) is 11.9 Å². The Kier molecular flexibility index (Phi) is 6.33. The summed E-state index contributed by atoms with van der Waals surface area (Å²) in [5.74, 6) is -0.0276. The van der Waals surface area contributed by atoms with Crippen LogP contribution in [0.4, 0.5) is 9.52 Å². The average molecular weight is 398 g/mol. The fraction of sp³-hybridized carbons (Fsp3) is 0.150. The number of thiazole rings is 1. The van der Waals surface area contributed by atoms with E-state index in [0.29, 0.717) is 33.4 Å². The lowest BCUT2D eigenvalue weighted by Crippen LogP contribution is -2.17. The number of hydrogen-bond donors (Lipinski definition) is 2. The number of ether oxygens (including phenoxy) is 1. The number of rotatable bonds is 7. The zero-order valence-corrected chi connectivity index (χ0v) is 16.0. The summed E-state index contributed by atoms with van der Waals surface area (Å²) in [5, 5.41) is 4.32. The molecule has 3 rings (SSSR count). The van der Waals surface area contributed by atoms with Crippen molar-refractivity contribution in [2.45, 2.75) is 20.0 Å². The number of aryl methyl sites for hydroxylation is 1. The number of aromatic nitrogens is 1. The maximum absolute atomic E-state index is 13.6. The summed E-state index contributed by atoms with van der Waals surface area (Å²) in [6.45, 7) is 2.05. The molecule has 0 saturated carbocycles. The molecule has 0 unspecified atom stereocenters. The van der Waals surface area contributed by atoms with Gasteiger partial charge in [-0.1, -0.05) is 36.5 Å². The van der Waals surface area contributed by atoms with Crippen LogP contribution >= 0.6 is 11.3 Å². The molecule has 0 bridgehead atoms. The van der Waals surface area contributed by atoms with Gasteiger partial charge in [0.1, 0.15) is 23.1 Å². The minimum absolute atomic E-state index is 0.147. The second-order valence-electron chi connectivity index (χ2n) is 5.83. The number of amides is 1. The molecule has 0 saturated heterocycles. The first-order valence-corrected chi connectivity index (χ1v) is 9.43. The number of halogens is 1. The lowest BCUT2D eigenvalue weighted by molar-refractivity contribution is 0.0958. The second kappa shape index (κ2) is 9.09. The highest BCUT2D eigenvalue weighted by molar-refractivity contribution is 7.17. The van der Waals surface area contributed by atoms with E-state index < -0.39 is 0 Å². The fourth-order valence-corrected chi connectivity index (χ4v) is 3.24. The van der Waals surface area contributed by atoms with Gasteiger partial charge in [0, 0.05) is 5.56 Å². The predicted molar refractivity (Wildman–Crippen MR) is 108 cm³/mol. The van der Waals surface area contributed by atoms with Crippen molar-refractivity contribution in [2.24, 2.45) is 5.10 Å². The third kappa shape index (κ3) is 4.92. The molecule has 1 aromatic heterocycles. The molecule has 144 valence electrons. The van der Waals surface area contributed by atoms with E-state index in [1.165, 1.54) is 12.3 Å². The van der Waals surface area contributed by atoms with Gasteiger partial charge in [-0.05, 0) is 42.3 Å². The van der Waals surface area contributed by atoms with E-state index in [1.807, 2.05) is 6.92 Å². The molecule has 3 N–H and O–H groups in total. The number of carbonyl (C=O) groups excluding carboxylic acids is 1. The Labute approximate surface area is 165 Å². The van der Waals surface area contributed by atoms with Crippen molar-refractivity contribution in [3.8, 4) is 5.75 Å². The summed E-state index contributed by atoms with van der Waals surface area (Å²) in [6.07, 6.45) is 2.14. The van der Waals surface area contributed by atoms with E-state index in [4.69, 9.17) is 10.5 Å². The third-order valence-electron chi connectivity index (χ3n) is 3.87. The minimum Gasteiger partial charge on any atom is -0.489 e. The minimum atomic E-state index is -0.341. The van der Waals surface area contributed by atoms with Gasteiger partial charge in [-0.2, -0.15) is 5.10 Å². The number of nitrogens with zero attached hydrogens (tertiary/aromatic N) is 2. The smallest absolute Gasteiger partial charge is 0.283 e. The normalized spacial score (nSPS) is 10.9. The molecule has 0 aliphatic rings. The number of nitrogens with one attached hydrogen (secondary N) is 1. The summed E-state index contributed by atoms with van der Waals surface area (Å²) in [7, 11) is 0. The lowest BCUT2D eigenvalue weighted by Gasteiger charge is -2.07. The van der Waals surface area contributed by atoms with Gasteiger partial charge in [0.25, 0.3) is 5.91 Å². The quantitative estimate of drug-likeness (QED) is 0.468. The average Bonchev–Trinajstić information content (AvgIpc) is 3.09. The predicted octanol–water partition coefficient (Wildman–Crippen LogP) is 3.77. The van der Waals surface area contributed by atoms with Gasteiger partial charge >= 0.3 is 0 Å². The van der Waals surface area contributed by atoms with E-state index in [1.54, 1.807) is 42.5 Å². The van der Waals surface area contributed by atoms with Crippen LogP contribution in [0.5, 0.6) is 5.75 Å². The molecular formula is C20H19FN4O2S. The molecule has 1 heterocycles. The highest BCUT2D eigenvalue weighted by Crippen LogP contribution is 2.20. The first-order chi connectivity index (χ1) is 13.6. The number of benzene rings is 2. The summed E-state index contributed by atoms with van der Waals surface area (Å²) in [5.41, 5.74) is 10.1. The van der Waals surface area contributed by atoms with Crippen LogP contribution < -0.4 is 15.9 Å². The van der Waals surface area contributed by atoms with Crippen molar-refractivity contribution >= 4 is 28.6 Å². The zero-order valence-electron chi connectivity index (χ0n) is 15.2. The maximum atomic E-state index is 13.6. The van der Waals surface area contributed by atoms with Crippen LogP contribution in [0.25, 0.3) is 0 Å². The molecule has 3 aromatic rings. The number of hydrazone groups is 1. The van der Waals surface area contributed by atoms with Gasteiger partial charge in [-0.3, -0.25) is 4.79 Å². The Morgan fingerprint density at radius 3 is 2.75 bits per heavy atom. The molecule has 2 aromatic carbocycles. The molecule has 8 heteroatoms. The molecular weight excluding hydrogens is 379 g/mol. The van der Waals surface area contributed by atoms with Gasteiger partial charge in [-0.25, -0.2) is 14.8 Å². The van der Waals surface area contributed by atoms with Crippen LogP contribution in [-0.2, 0) is 13.0 Å². The first-order valence-electron chi connectivity index (χ1n) is 8.61. The maximum Gasteiger partial charge on any atom is 0.283 e. The summed E-state index contributed by atoms with van der Waals surface area (Å²) in [4.78, 5) is 16.8. The molecule has 6 nitrogen and oxygen atoms in total. The molecule has 0 radical (unpaired) electrons. The van der Waals surface area contributed by atoms with Crippen LogP contribution in [0.15, 0.2) is 53.6 Å². The Balaban J connectivity index is 1.55. The van der Waals surface area contributed by atoms with E-state index in [9.17, 15) is 9.18 Å². The molecule has 0 atom stereocenters. The Morgan fingerprint density at radius 2 is 2.04 bits per heavy atom. The highest BCUT2D eigenvalue weighted by atomic mass is 32.1. The number of hydrogen-bond acceptors (Lipinski definition) is 6. The Bertz CT molecular complexity index is 986. The molecule has 28 heavy (non-hydrogen) atoms. The number of carbonyl (C=O) groups is 1. The van der Waals surface area contributed by atoms with Crippen molar-refractivity contribution in [3.63, 3.8) is 0 Å². The first kappa shape index (κ1) is 19.5. The number of nitrogen functional groups attached to an aromatic ring is 1. The van der Waals surface area contributed by atoms with Crippen LogP contribution in [0.2, 0.25) is 0 Å². The molecule has 0 aliphatic heterocycles. The second-order valence-corrected chi connectivity index (χ2v) is 6.86. The van der Waals surface area contributed by atoms with Crippen molar-refractivity contribution in [1.82, 2.24) is 10.4 Å². The topological polar surface area (TPSA) is 89.6 Å². The van der Waals surface area contributed by atoms with Crippen LogP contribution in [0, 0.1) is 5.82 Å². The van der Waals surface area contributed by atoms with E-state index in [0.717, 1.165) is 16.9 Å². The standard InChI is InChI=1S/C20H19FN4O2S/c1-2-17-18(28-20(22)24-17)19(26)25-23-11-13-7-9-15(10-8-13)27-12-14-5-3-4-6-16(14)21/h3-11H,2,12H2,1H3,(H2,22,24)(H,25,26)/b23-11-. The lowest BCUT2D eigenvalue weighted by atomic mass is 10.2. The number of anilines is 1. The van der Waals surface area contributed by atoms with Crippen LogP contribution in [0.1, 0.15) is 33.4 Å². The summed E-state index contributed by atoms with van der Waals surface area (Å²) >= 11 is 1.14. The molecule has 1 amide bonds. The van der Waals surface area contributed by atoms with Gasteiger partial charge in [0.2, 0.25) is 0 Å². The SMILES string of the molecule is CCc1nc(N)sc1C(=O)N/N=C\c1ccc(OCc2ccccc2F)cc1. The van der Waals surface area contributed by atoms with Crippen molar-refractivity contribution in [2.75, 3.05) is 5.73 Å². The zero-order chi connectivity index (χ0) is 19.9. The largest absolute Gasteiger partial charge is 0.489 e. The van der Waals surface area contributed by atoms with Gasteiger partial charge in [-0.15, -0.1) is 0 Å². The van der Waals surface area contributed by atoms with Crippen molar-refractivity contribution < 1.29 is 13.9 Å². The van der Waals surface area contributed by atoms with E-state index >= 15 is 0 Å². The summed E-state index contributed by atoms with van der Waals surface area (Å²) < 4.78 is 19.2. The van der Waals surface area contributed by atoms with E-state index in [2.05, 4.69) is 15.5 Å². The molecule has 0 spiro atoms. The number of nitrogens with two attached hydrogens (primary N) is 1. The van der Waals surface area contributed by atoms with Crippen LogP contribution in [0.3, 0.4) is 0 Å². The Morgan fingerprint density at radius 1 is 1.29 bits per heavy atom. The van der Waals surface area contributed by atoms with Gasteiger partial charge in [0.15, 0.2) is 5.13 Å². The van der Waals surface area contributed by atoms with Gasteiger partial charge < -0.3 is 10.5 Å². The Hall–Kier alpha value is -3.26. The molecule has 0 aliphatic carbocycles.